The molecule has 2 aromatic carbocycles. The lowest BCUT2D eigenvalue weighted by molar-refractivity contribution is 0.102. The number of carbonyl (C=O) groups is 2. The lowest BCUT2D eigenvalue weighted by Crippen LogP contribution is -2.28. The van der Waals surface area contributed by atoms with Crippen LogP contribution >= 0.6 is 11.3 Å². The predicted molar refractivity (Wildman–Crippen MR) is 106 cm³/mol. The van der Waals surface area contributed by atoms with Crippen molar-refractivity contribution >= 4 is 34.6 Å². The zero-order valence-electron chi connectivity index (χ0n) is 14.2. The van der Waals surface area contributed by atoms with Gasteiger partial charge in [-0.05, 0) is 47.8 Å². The van der Waals surface area contributed by atoms with Gasteiger partial charge in [0, 0.05) is 21.8 Å². The molecule has 0 aliphatic rings. The van der Waals surface area contributed by atoms with Crippen molar-refractivity contribution in [3.05, 3.63) is 82.0 Å². The fourth-order valence-electron chi connectivity index (χ4n) is 2.36. The number of nitriles is 1. The van der Waals surface area contributed by atoms with E-state index in [1.165, 1.54) is 0 Å². The summed E-state index contributed by atoms with van der Waals surface area (Å²) in [6, 6.07) is 18.9. The van der Waals surface area contributed by atoms with Gasteiger partial charge in [-0.15, -0.1) is 11.3 Å². The van der Waals surface area contributed by atoms with Gasteiger partial charge in [0.15, 0.2) is 0 Å². The second-order valence-electron chi connectivity index (χ2n) is 5.61. The largest absolute Gasteiger partial charge is 0.333 e. The zero-order chi connectivity index (χ0) is 19.1. The summed E-state index contributed by atoms with van der Waals surface area (Å²) < 4.78 is 0. The smallest absolute Gasteiger partial charge is 0.319 e. The molecule has 0 fully saturated rings. The Morgan fingerprint density at radius 2 is 1.74 bits per heavy atom. The number of amides is 3. The first-order valence-corrected chi connectivity index (χ1v) is 9.01. The first-order valence-electron chi connectivity index (χ1n) is 8.13. The van der Waals surface area contributed by atoms with E-state index in [0.29, 0.717) is 29.0 Å². The molecule has 3 amide bonds. The van der Waals surface area contributed by atoms with E-state index < -0.39 is 0 Å². The standard InChI is InChI=1S/C20H16N4O2S/c21-12-14-4-1-6-16(10-14)23-19(25)15-5-2-7-17(11-15)24-20(26)22-13-18-8-3-9-27-18/h1-11H,13H2,(H,23,25)(H2,22,24,26). The predicted octanol–water partition coefficient (Wildman–Crippen LogP) is 4.19. The Labute approximate surface area is 160 Å². The van der Waals surface area contributed by atoms with Crippen molar-refractivity contribution in [2.45, 2.75) is 6.54 Å². The Hall–Kier alpha value is -3.63. The molecule has 3 aromatic rings. The summed E-state index contributed by atoms with van der Waals surface area (Å²) in [6.45, 7) is 0.443. The molecule has 3 rings (SSSR count). The number of hydrogen-bond donors (Lipinski definition) is 3. The van der Waals surface area contributed by atoms with Crippen molar-refractivity contribution in [2.24, 2.45) is 0 Å². The molecule has 0 bridgehead atoms. The van der Waals surface area contributed by atoms with Gasteiger partial charge in [0.25, 0.3) is 5.91 Å². The van der Waals surface area contributed by atoms with E-state index >= 15 is 0 Å². The Bertz CT molecular complexity index is 993. The van der Waals surface area contributed by atoms with Gasteiger partial charge in [0.05, 0.1) is 18.2 Å². The minimum absolute atomic E-state index is 0.326. The Morgan fingerprint density at radius 3 is 2.48 bits per heavy atom. The van der Waals surface area contributed by atoms with Crippen LogP contribution < -0.4 is 16.0 Å². The van der Waals surface area contributed by atoms with Gasteiger partial charge in [0.1, 0.15) is 0 Å². The van der Waals surface area contributed by atoms with Gasteiger partial charge >= 0.3 is 6.03 Å². The number of urea groups is 1. The molecule has 7 heteroatoms. The fraction of sp³-hybridized carbons (Fsp3) is 0.0500. The van der Waals surface area contributed by atoms with Crippen molar-refractivity contribution in [3.63, 3.8) is 0 Å². The summed E-state index contributed by atoms with van der Waals surface area (Å²) in [5.74, 6) is -0.326. The van der Waals surface area contributed by atoms with Crippen LogP contribution in [0.5, 0.6) is 0 Å². The normalized spacial score (nSPS) is 9.89. The number of benzene rings is 2. The summed E-state index contributed by atoms with van der Waals surface area (Å²) >= 11 is 1.57. The van der Waals surface area contributed by atoms with Crippen molar-refractivity contribution in [1.29, 1.82) is 5.26 Å². The maximum atomic E-state index is 12.4. The number of thiophene rings is 1. The van der Waals surface area contributed by atoms with Crippen LogP contribution in [0.25, 0.3) is 0 Å². The maximum absolute atomic E-state index is 12.4. The Kier molecular flexibility index (Phi) is 5.82. The van der Waals surface area contributed by atoms with Crippen LogP contribution in [0.15, 0.2) is 66.0 Å². The zero-order valence-corrected chi connectivity index (χ0v) is 15.0. The first kappa shape index (κ1) is 18.2. The summed E-state index contributed by atoms with van der Waals surface area (Å²) in [7, 11) is 0. The number of nitrogens with one attached hydrogen (secondary N) is 3. The van der Waals surface area contributed by atoms with Crippen molar-refractivity contribution in [1.82, 2.24) is 5.32 Å². The second kappa shape index (κ2) is 8.65. The van der Waals surface area contributed by atoms with Crippen LogP contribution in [-0.4, -0.2) is 11.9 Å². The van der Waals surface area contributed by atoms with Crippen LogP contribution in [0, 0.1) is 11.3 Å². The van der Waals surface area contributed by atoms with E-state index in [1.807, 2.05) is 23.6 Å². The highest BCUT2D eigenvalue weighted by Gasteiger charge is 2.09. The van der Waals surface area contributed by atoms with Gasteiger partial charge in [-0.2, -0.15) is 5.26 Å². The number of rotatable bonds is 5. The minimum Gasteiger partial charge on any atom is -0.333 e. The Balaban J connectivity index is 1.61. The molecule has 1 heterocycles. The fourth-order valence-corrected chi connectivity index (χ4v) is 3.01. The molecule has 0 unspecified atom stereocenters. The number of anilines is 2. The third-order valence-corrected chi connectivity index (χ3v) is 4.51. The average molecular weight is 376 g/mol. The summed E-state index contributed by atoms with van der Waals surface area (Å²) in [5, 5.41) is 19.1. The monoisotopic (exact) mass is 376 g/mol. The van der Waals surface area contributed by atoms with E-state index in [4.69, 9.17) is 5.26 Å². The van der Waals surface area contributed by atoms with Gasteiger partial charge in [-0.3, -0.25) is 4.79 Å². The van der Waals surface area contributed by atoms with Gasteiger partial charge in [0.2, 0.25) is 0 Å². The van der Waals surface area contributed by atoms with Gasteiger partial charge < -0.3 is 16.0 Å². The molecule has 0 atom stereocenters. The molecule has 6 nitrogen and oxygen atoms in total. The Morgan fingerprint density at radius 1 is 0.963 bits per heavy atom. The molecule has 134 valence electrons. The summed E-state index contributed by atoms with van der Waals surface area (Å²) in [4.78, 5) is 25.5. The van der Waals surface area contributed by atoms with Crippen molar-refractivity contribution in [3.8, 4) is 6.07 Å². The second-order valence-corrected chi connectivity index (χ2v) is 6.65. The van der Waals surface area contributed by atoms with Crippen LogP contribution in [-0.2, 0) is 6.54 Å². The molecule has 0 spiro atoms. The van der Waals surface area contributed by atoms with E-state index in [-0.39, 0.29) is 11.9 Å². The lowest BCUT2D eigenvalue weighted by atomic mass is 10.1. The van der Waals surface area contributed by atoms with E-state index in [1.54, 1.807) is 59.9 Å². The highest BCUT2D eigenvalue weighted by atomic mass is 32.1. The van der Waals surface area contributed by atoms with Crippen LogP contribution in [0.4, 0.5) is 16.2 Å². The van der Waals surface area contributed by atoms with Crippen LogP contribution in [0.1, 0.15) is 20.8 Å². The lowest BCUT2D eigenvalue weighted by Gasteiger charge is -2.09. The molecule has 1 aromatic heterocycles. The summed E-state index contributed by atoms with van der Waals surface area (Å²) in [6.07, 6.45) is 0. The van der Waals surface area contributed by atoms with Gasteiger partial charge in [-0.25, -0.2) is 4.79 Å². The topological polar surface area (TPSA) is 94.0 Å². The van der Waals surface area contributed by atoms with Crippen molar-refractivity contribution < 1.29 is 9.59 Å². The number of nitrogens with zero attached hydrogens (tertiary/aromatic N) is 1. The third-order valence-electron chi connectivity index (χ3n) is 3.64. The van der Waals surface area contributed by atoms with E-state index in [0.717, 1.165) is 4.88 Å². The molecule has 0 saturated heterocycles. The average Bonchev–Trinajstić information content (AvgIpc) is 3.20. The van der Waals surface area contributed by atoms with Gasteiger partial charge in [-0.1, -0.05) is 18.2 Å². The third kappa shape index (κ3) is 5.17. The molecule has 0 aliphatic carbocycles. The maximum Gasteiger partial charge on any atom is 0.319 e. The highest BCUT2D eigenvalue weighted by Crippen LogP contribution is 2.15. The van der Waals surface area contributed by atoms with Crippen LogP contribution in [0.2, 0.25) is 0 Å². The van der Waals surface area contributed by atoms with E-state index in [2.05, 4.69) is 16.0 Å². The molecule has 0 aliphatic heterocycles. The van der Waals surface area contributed by atoms with E-state index in [9.17, 15) is 9.59 Å². The molecular formula is C20H16N4O2S. The van der Waals surface area contributed by atoms with Crippen molar-refractivity contribution in [2.75, 3.05) is 10.6 Å². The molecule has 0 saturated carbocycles. The minimum atomic E-state index is -0.345. The van der Waals surface area contributed by atoms with Crippen LogP contribution in [0.3, 0.4) is 0 Å². The summed E-state index contributed by atoms with van der Waals surface area (Å²) in [5.41, 5.74) is 1.90. The molecule has 3 N–H and O–H groups in total. The SMILES string of the molecule is N#Cc1cccc(NC(=O)c2cccc(NC(=O)NCc3cccs3)c2)c1. The quantitative estimate of drug-likeness (QED) is 0.623. The molecular weight excluding hydrogens is 360 g/mol. The first-order chi connectivity index (χ1) is 13.1. The highest BCUT2D eigenvalue weighted by molar-refractivity contribution is 7.09. The molecule has 0 radical (unpaired) electrons. The molecule has 27 heavy (non-hydrogen) atoms. The number of carbonyl (C=O) groups excluding carboxylic acids is 2. The number of hydrogen-bond acceptors (Lipinski definition) is 4.